The van der Waals surface area contributed by atoms with Gasteiger partial charge in [0.25, 0.3) is 5.91 Å². The van der Waals surface area contributed by atoms with E-state index >= 15 is 0 Å². The third kappa shape index (κ3) is 5.28. The zero-order valence-electron chi connectivity index (χ0n) is 13.7. The molecule has 2 aromatic carbocycles. The monoisotopic (exact) mass is 390 g/mol. The van der Waals surface area contributed by atoms with Gasteiger partial charge in [-0.25, -0.2) is 9.37 Å². The van der Waals surface area contributed by atoms with Crippen LogP contribution in [-0.2, 0) is 11.2 Å². The van der Waals surface area contributed by atoms with Gasteiger partial charge in [-0.1, -0.05) is 23.7 Å². The first-order chi connectivity index (χ1) is 12.6. The number of carbonyl (C=O) groups is 1. The summed E-state index contributed by atoms with van der Waals surface area (Å²) in [6, 6.07) is 13.2. The van der Waals surface area contributed by atoms with Crippen LogP contribution in [0.5, 0.6) is 5.75 Å². The van der Waals surface area contributed by atoms with Gasteiger partial charge in [-0.2, -0.15) is 0 Å². The van der Waals surface area contributed by atoms with Gasteiger partial charge in [0, 0.05) is 28.9 Å². The maximum absolute atomic E-state index is 13.3. The first-order valence-electron chi connectivity index (χ1n) is 7.95. The lowest BCUT2D eigenvalue weighted by Crippen LogP contribution is -2.30. The molecule has 0 saturated carbocycles. The Hall–Kier alpha value is -2.44. The van der Waals surface area contributed by atoms with Crippen LogP contribution >= 0.6 is 22.9 Å². The molecule has 26 heavy (non-hydrogen) atoms. The average Bonchev–Trinajstić information content (AvgIpc) is 3.10. The minimum absolute atomic E-state index is 0.0623. The first-order valence-corrected chi connectivity index (χ1v) is 9.21. The summed E-state index contributed by atoms with van der Waals surface area (Å²) in [4.78, 5) is 16.3. The Kier molecular flexibility index (Phi) is 6.20. The number of aromatic nitrogens is 1. The van der Waals surface area contributed by atoms with Crippen molar-refractivity contribution in [1.82, 2.24) is 10.3 Å². The van der Waals surface area contributed by atoms with Crippen LogP contribution in [0.2, 0.25) is 5.02 Å². The van der Waals surface area contributed by atoms with Crippen molar-refractivity contribution < 1.29 is 13.9 Å². The molecule has 3 rings (SSSR count). The van der Waals surface area contributed by atoms with Gasteiger partial charge in [0.2, 0.25) is 0 Å². The second-order valence-corrected chi connectivity index (χ2v) is 6.79. The van der Waals surface area contributed by atoms with Gasteiger partial charge in [-0.3, -0.25) is 4.79 Å². The highest BCUT2D eigenvalue weighted by molar-refractivity contribution is 7.13. The zero-order chi connectivity index (χ0) is 18.4. The minimum Gasteiger partial charge on any atom is -0.484 e. The summed E-state index contributed by atoms with van der Waals surface area (Å²) in [7, 11) is 0. The summed E-state index contributed by atoms with van der Waals surface area (Å²) in [5.74, 6) is 0.0940. The normalized spacial score (nSPS) is 10.5. The maximum atomic E-state index is 13.3. The lowest BCUT2D eigenvalue weighted by Gasteiger charge is -2.07. The minimum atomic E-state index is -0.285. The van der Waals surface area contributed by atoms with Gasteiger partial charge in [-0.05, 0) is 36.4 Å². The molecule has 1 heterocycles. The highest BCUT2D eigenvalue weighted by Gasteiger charge is 2.07. The van der Waals surface area contributed by atoms with E-state index in [2.05, 4.69) is 10.3 Å². The molecule has 0 aliphatic heterocycles. The van der Waals surface area contributed by atoms with Crippen molar-refractivity contribution >= 4 is 28.8 Å². The molecule has 0 unspecified atom stereocenters. The quantitative estimate of drug-likeness (QED) is 0.652. The number of nitrogens with zero attached hydrogens (tertiary/aromatic N) is 1. The predicted molar refractivity (Wildman–Crippen MR) is 101 cm³/mol. The molecule has 4 nitrogen and oxygen atoms in total. The Morgan fingerprint density at radius 2 is 2.04 bits per heavy atom. The molecule has 1 N–H and O–H groups in total. The Labute approximate surface area is 159 Å². The smallest absolute Gasteiger partial charge is 0.257 e. The third-order valence-electron chi connectivity index (χ3n) is 3.51. The largest absolute Gasteiger partial charge is 0.484 e. The molecule has 0 saturated heterocycles. The average molecular weight is 391 g/mol. The highest BCUT2D eigenvalue weighted by Crippen LogP contribution is 2.24. The summed E-state index contributed by atoms with van der Waals surface area (Å²) in [5, 5.41) is 6.07. The molecule has 0 spiro atoms. The molecule has 0 bridgehead atoms. The summed E-state index contributed by atoms with van der Waals surface area (Å²) >= 11 is 7.24. The summed E-state index contributed by atoms with van der Waals surface area (Å²) < 4.78 is 18.7. The van der Waals surface area contributed by atoms with Crippen LogP contribution in [0.3, 0.4) is 0 Å². The molecule has 0 aliphatic carbocycles. The van der Waals surface area contributed by atoms with Crippen LogP contribution in [0.15, 0.2) is 53.9 Å². The third-order valence-corrected chi connectivity index (χ3v) is 4.70. The Morgan fingerprint density at radius 1 is 1.23 bits per heavy atom. The van der Waals surface area contributed by atoms with Crippen molar-refractivity contribution in [2.24, 2.45) is 0 Å². The number of nitrogens with one attached hydrogen (secondary N) is 1. The molecule has 0 aliphatic rings. The van der Waals surface area contributed by atoms with E-state index in [1.165, 1.54) is 23.5 Å². The van der Waals surface area contributed by atoms with E-state index in [9.17, 15) is 9.18 Å². The lowest BCUT2D eigenvalue weighted by atomic mass is 10.2. The van der Waals surface area contributed by atoms with E-state index in [-0.39, 0.29) is 18.3 Å². The van der Waals surface area contributed by atoms with E-state index < -0.39 is 0 Å². The fourth-order valence-corrected chi connectivity index (χ4v) is 3.21. The Balaban J connectivity index is 1.43. The molecular formula is C19H16ClFN2O2S. The predicted octanol–water partition coefficient (Wildman–Crippen LogP) is 4.34. The van der Waals surface area contributed by atoms with Crippen LogP contribution in [0.25, 0.3) is 10.6 Å². The van der Waals surface area contributed by atoms with Crippen molar-refractivity contribution in [3.63, 3.8) is 0 Å². The van der Waals surface area contributed by atoms with Crippen LogP contribution in [0.4, 0.5) is 4.39 Å². The SMILES string of the molecule is O=C(COc1ccc(Cl)cc1)NCCc1csc(-c2cccc(F)c2)n1. The second kappa shape index (κ2) is 8.78. The molecule has 0 radical (unpaired) electrons. The van der Waals surface area contributed by atoms with E-state index in [4.69, 9.17) is 16.3 Å². The van der Waals surface area contributed by atoms with Gasteiger partial charge in [-0.15, -0.1) is 11.3 Å². The van der Waals surface area contributed by atoms with Crippen LogP contribution < -0.4 is 10.1 Å². The van der Waals surface area contributed by atoms with E-state index in [1.54, 1.807) is 30.3 Å². The second-order valence-electron chi connectivity index (χ2n) is 5.50. The van der Waals surface area contributed by atoms with Crippen molar-refractivity contribution in [2.75, 3.05) is 13.2 Å². The van der Waals surface area contributed by atoms with Gasteiger partial charge >= 0.3 is 0 Å². The van der Waals surface area contributed by atoms with E-state index in [0.29, 0.717) is 23.7 Å². The summed E-state index contributed by atoms with van der Waals surface area (Å²) in [6.45, 7) is 0.391. The topological polar surface area (TPSA) is 51.2 Å². The number of amides is 1. The van der Waals surface area contributed by atoms with E-state index in [0.717, 1.165) is 16.3 Å². The molecule has 1 amide bonds. The number of ether oxygens (including phenoxy) is 1. The number of halogens is 2. The molecule has 0 fully saturated rings. The van der Waals surface area contributed by atoms with E-state index in [1.807, 2.05) is 11.4 Å². The summed E-state index contributed by atoms with van der Waals surface area (Å²) in [5.41, 5.74) is 1.61. The fraction of sp³-hybridized carbons (Fsp3) is 0.158. The molecular weight excluding hydrogens is 375 g/mol. The van der Waals surface area contributed by atoms with Crippen LogP contribution in [0, 0.1) is 5.82 Å². The number of hydrogen-bond acceptors (Lipinski definition) is 4. The molecule has 7 heteroatoms. The Morgan fingerprint density at radius 3 is 2.81 bits per heavy atom. The molecule has 0 atom stereocenters. The fourth-order valence-electron chi connectivity index (χ4n) is 2.24. The lowest BCUT2D eigenvalue weighted by molar-refractivity contribution is -0.123. The van der Waals surface area contributed by atoms with Crippen molar-refractivity contribution in [3.05, 3.63) is 70.4 Å². The van der Waals surface area contributed by atoms with Crippen LogP contribution in [0.1, 0.15) is 5.69 Å². The van der Waals surface area contributed by atoms with Crippen molar-refractivity contribution in [3.8, 4) is 16.3 Å². The molecule has 134 valence electrons. The Bertz CT molecular complexity index is 883. The summed E-state index contributed by atoms with van der Waals surface area (Å²) in [6.07, 6.45) is 0.596. The zero-order valence-corrected chi connectivity index (χ0v) is 15.3. The molecule has 3 aromatic rings. The van der Waals surface area contributed by atoms with Gasteiger partial charge in [0.1, 0.15) is 16.6 Å². The highest BCUT2D eigenvalue weighted by atomic mass is 35.5. The van der Waals surface area contributed by atoms with Gasteiger partial charge < -0.3 is 10.1 Å². The standard InChI is InChI=1S/C19H16ClFN2O2S/c20-14-4-6-17(7-5-14)25-11-18(24)22-9-8-16-12-26-19(23-16)13-2-1-3-15(21)10-13/h1-7,10,12H,8-9,11H2,(H,22,24). The van der Waals surface area contributed by atoms with Crippen LogP contribution in [-0.4, -0.2) is 24.0 Å². The number of carbonyl (C=O) groups excluding carboxylic acids is 1. The molecule has 1 aromatic heterocycles. The first kappa shape index (κ1) is 18.4. The van der Waals surface area contributed by atoms with Crippen molar-refractivity contribution in [2.45, 2.75) is 6.42 Å². The maximum Gasteiger partial charge on any atom is 0.257 e. The van der Waals surface area contributed by atoms with Gasteiger partial charge in [0.05, 0.1) is 5.69 Å². The number of hydrogen-bond donors (Lipinski definition) is 1. The number of thiazole rings is 1. The van der Waals surface area contributed by atoms with Gasteiger partial charge in [0.15, 0.2) is 6.61 Å². The number of rotatable bonds is 7. The number of benzene rings is 2. The van der Waals surface area contributed by atoms with Crippen molar-refractivity contribution in [1.29, 1.82) is 0 Å².